The Morgan fingerprint density at radius 3 is 2.30 bits per heavy atom. The van der Waals surface area contributed by atoms with Gasteiger partial charge in [-0.1, -0.05) is 12.1 Å². The van der Waals surface area contributed by atoms with Crippen molar-refractivity contribution >= 4 is 40.1 Å². The molecule has 2 aliphatic carbocycles. The molecule has 7 nitrogen and oxygen atoms in total. The molecule has 3 aliphatic rings. The third-order valence-electron chi connectivity index (χ3n) is 7.57. The number of aliphatic carboxylic acids is 1. The number of carboxylic acids is 1. The van der Waals surface area contributed by atoms with Crippen LogP contribution in [0.3, 0.4) is 0 Å². The quantitative estimate of drug-likeness (QED) is 0.316. The maximum Gasteiger partial charge on any atom is 0.305 e. The second-order valence-corrected chi connectivity index (χ2v) is 11.3. The van der Waals surface area contributed by atoms with Crippen LogP contribution >= 0.6 is 22.6 Å². The second kappa shape index (κ2) is 12.1. The van der Waals surface area contributed by atoms with Gasteiger partial charge in [0, 0.05) is 47.8 Å². The van der Waals surface area contributed by atoms with Crippen molar-refractivity contribution in [1.82, 2.24) is 4.90 Å². The van der Waals surface area contributed by atoms with Crippen LogP contribution < -0.4 is 9.47 Å². The number of hydrogen-bond acceptors (Lipinski definition) is 6. The molecule has 1 N–H and O–H groups in total. The van der Waals surface area contributed by atoms with E-state index in [-0.39, 0.29) is 37.0 Å². The minimum atomic E-state index is -0.916. The fourth-order valence-corrected chi connectivity index (χ4v) is 6.75. The average molecular weight is 659 g/mol. The van der Waals surface area contributed by atoms with Crippen LogP contribution in [0.25, 0.3) is 0 Å². The molecule has 2 aromatic carbocycles. The summed E-state index contributed by atoms with van der Waals surface area (Å²) in [7, 11) is 0. The van der Waals surface area contributed by atoms with E-state index in [2.05, 4.69) is 22.6 Å². The molecule has 9 heteroatoms. The van der Waals surface area contributed by atoms with Gasteiger partial charge in [-0.15, -0.1) is 0 Å². The minimum Gasteiger partial charge on any atom is -0.490 e. The van der Waals surface area contributed by atoms with Crippen LogP contribution in [-0.4, -0.2) is 40.7 Å². The largest absolute Gasteiger partial charge is 0.490 e. The summed E-state index contributed by atoms with van der Waals surface area (Å²) in [4.78, 5) is 40.4. The Morgan fingerprint density at radius 2 is 1.70 bits per heavy atom. The lowest BCUT2D eigenvalue weighted by Gasteiger charge is -2.44. The predicted molar refractivity (Wildman–Crippen MR) is 155 cm³/mol. The van der Waals surface area contributed by atoms with Crippen LogP contribution in [0.5, 0.6) is 11.5 Å². The Bertz CT molecular complexity index is 1390. The van der Waals surface area contributed by atoms with Gasteiger partial charge < -0.3 is 19.5 Å². The first kappa shape index (κ1) is 28.3. The molecule has 0 saturated heterocycles. The number of ether oxygens (including phenoxy) is 2. The van der Waals surface area contributed by atoms with Gasteiger partial charge in [-0.25, -0.2) is 4.39 Å². The van der Waals surface area contributed by atoms with Gasteiger partial charge in [0.05, 0.1) is 16.6 Å². The Hall–Kier alpha value is -3.21. The first-order chi connectivity index (χ1) is 19.3. The summed E-state index contributed by atoms with van der Waals surface area (Å²) in [6.45, 7) is 2.63. The molecular weight excluding hydrogens is 628 g/mol. The topological polar surface area (TPSA) is 93.1 Å². The summed E-state index contributed by atoms with van der Waals surface area (Å²) in [6, 6.07) is 10.0. The molecule has 1 aliphatic heterocycles. The van der Waals surface area contributed by atoms with Gasteiger partial charge in [-0.05, 0) is 90.6 Å². The van der Waals surface area contributed by atoms with Crippen molar-refractivity contribution in [3.05, 3.63) is 79.5 Å². The number of allylic oxidation sites excluding steroid dienone is 4. The zero-order valence-electron chi connectivity index (χ0n) is 22.3. The van der Waals surface area contributed by atoms with Crippen LogP contribution in [0.2, 0.25) is 0 Å². The van der Waals surface area contributed by atoms with Crippen molar-refractivity contribution in [3.8, 4) is 11.5 Å². The molecule has 0 atom stereocenters. The van der Waals surface area contributed by atoms with Crippen LogP contribution in [0.15, 0.2) is 58.9 Å². The van der Waals surface area contributed by atoms with Gasteiger partial charge in [-0.3, -0.25) is 14.4 Å². The highest BCUT2D eigenvalue weighted by molar-refractivity contribution is 14.1. The zero-order valence-corrected chi connectivity index (χ0v) is 24.5. The second-order valence-electron chi connectivity index (χ2n) is 10.2. The first-order valence-electron chi connectivity index (χ1n) is 13.6. The lowest BCUT2D eigenvalue weighted by Crippen LogP contribution is -2.40. The molecule has 0 spiro atoms. The van der Waals surface area contributed by atoms with E-state index in [4.69, 9.17) is 9.47 Å². The third-order valence-corrected chi connectivity index (χ3v) is 8.37. The fourth-order valence-electron chi connectivity index (χ4n) is 5.97. The van der Waals surface area contributed by atoms with Crippen molar-refractivity contribution in [2.45, 2.75) is 64.4 Å². The number of carboxylic acid groups (broad SMARTS) is 1. The molecule has 0 fully saturated rings. The molecule has 0 saturated carbocycles. The number of carbonyl (C=O) groups excluding carboxylic acids is 2. The van der Waals surface area contributed by atoms with Crippen LogP contribution in [0.1, 0.15) is 68.9 Å². The molecule has 0 amide bonds. The summed E-state index contributed by atoms with van der Waals surface area (Å²) < 4.78 is 26.6. The Labute approximate surface area is 246 Å². The summed E-state index contributed by atoms with van der Waals surface area (Å²) in [5.74, 6) is -0.801. The number of ketones is 2. The molecule has 2 aromatic rings. The fraction of sp³-hybridized carbons (Fsp3) is 0.387. The molecule has 0 radical (unpaired) electrons. The van der Waals surface area contributed by atoms with Gasteiger partial charge in [0.25, 0.3) is 0 Å². The summed E-state index contributed by atoms with van der Waals surface area (Å²) in [5.41, 5.74) is 4.33. The highest BCUT2D eigenvalue weighted by atomic mass is 127. The normalized spacial score (nSPS) is 17.6. The van der Waals surface area contributed by atoms with E-state index in [0.717, 1.165) is 20.5 Å². The molecular formula is C31H31FINO6. The van der Waals surface area contributed by atoms with Crippen LogP contribution in [-0.2, 0) is 21.0 Å². The van der Waals surface area contributed by atoms with E-state index in [0.29, 0.717) is 73.3 Å². The number of benzene rings is 2. The number of halogens is 2. The SMILES string of the molecule is CCOc1cc(C2C3=C(CCCC3=O)N(CCC(=O)O)C3=C2C(=O)CCC3)cc(I)c1OCc1cccc(F)c1. The maximum absolute atomic E-state index is 13.7. The third kappa shape index (κ3) is 5.66. The maximum atomic E-state index is 13.7. The summed E-state index contributed by atoms with van der Waals surface area (Å²) >= 11 is 2.17. The van der Waals surface area contributed by atoms with E-state index >= 15 is 0 Å². The lowest BCUT2D eigenvalue weighted by molar-refractivity contribution is -0.137. The van der Waals surface area contributed by atoms with Crippen molar-refractivity contribution in [2.75, 3.05) is 13.2 Å². The Balaban J connectivity index is 1.60. The number of nitrogens with zero attached hydrogens (tertiary/aromatic N) is 1. The highest BCUT2D eigenvalue weighted by Gasteiger charge is 2.43. The van der Waals surface area contributed by atoms with E-state index in [9.17, 15) is 23.9 Å². The zero-order chi connectivity index (χ0) is 28.4. The van der Waals surface area contributed by atoms with Gasteiger partial charge in [0.2, 0.25) is 0 Å². The monoisotopic (exact) mass is 659 g/mol. The molecule has 210 valence electrons. The Kier molecular flexibility index (Phi) is 8.58. The van der Waals surface area contributed by atoms with E-state index in [1.54, 1.807) is 12.1 Å². The molecule has 40 heavy (non-hydrogen) atoms. The molecule has 1 heterocycles. The summed E-state index contributed by atoms with van der Waals surface area (Å²) in [6.07, 6.45) is 3.41. The van der Waals surface area contributed by atoms with Crippen molar-refractivity contribution < 1.29 is 33.4 Å². The van der Waals surface area contributed by atoms with Gasteiger partial charge in [0.1, 0.15) is 12.4 Å². The molecule has 5 rings (SSSR count). The average Bonchev–Trinajstić information content (AvgIpc) is 2.91. The molecule has 0 bridgehead atoms. The van der Waals surface area contributed by atoms with Crippen molar-refractivity contribution in [1.29, 1.82) is 0 Å². The van der Waals surface area contributed by atoms with E-state index in [1.165, 1.54) is 12.1 Å². The number of hydrogen-bond donors (Lipinski definition) is 1. The number of rotatable bonds is 9. The van der Waals surface area contributed by atoms with E-state index in [1.807, 2.05) is 24.0 Å². The minimum absolute atomic E-state index is 0.00380. The van der Waals surface area contributed by atoms with Crippen LogP contribution in [0.4, 0.5) is 4.39 Å². The molecule has 0 aromatic heterocycles. The van der Waals surface area contributed by atoms with Crippen molar-refractivity contribution in [3.63, 3.8) is 0 Å². The predicted octanol–water partition coefficient (Wildman–Crippen LogP) is 6.30. The smallest absolute Gasteiger partial charge is 0.305 e. The first-order valence-corrected chi connectivity index (χ1v) is 14.7. The Morgan fingerprint density at radius 1 is 1.02 bits per heavy atom. The van der Waals surface area contributed by atoms with Gasteiger partial charge >= 0.3 is 5.97 Å². The highest BCUT2D eigenvalue weighted by Crippen LogP contribution is 2.50. The van der Waals surface area contributed by atoms with Gasteiger partial charge in [0.15, 0.2) is 23.1 Å². The van der Waals surface area contributed by atoms with E-state index < -0.39 is 11.9 Å². The standard InChI is InChI=1S/C31H31FINO6/c1-2-39-26-16-19(15-21(33)31(26)40-17-18-6-3-7-20(32)14-18)28-29-22(8-4-10-24(29)35)34(13-12-27(37)38)23-9-5-11-25(36)30(23)28/h3,6-7,14-16,28H,2,4-5,8-13,17H2,1H3,(H,37,38). The number of Topliss-reactive ketones (excluding diaryl/α,β-unsaturated/α-hetero) is 2. The molecule has 0 unspecified atom stereocenters. The van der Waals surface area contributed by atoms with Gasteiger partial charge in [-0.2, -0.15) is 0 Å². The number of carbonyl (C=O) groups is 3. The summed E-state index contributed by atoms with van der Waals surface area (Å²) in [5, 5.41) is 9.40. The lowest BCUT2D eigenvalue weighted by atomic mass is 9.71. The van der Waals surface area contributed by atoms with Crippen molar-refractivity contribution in [2.24, 2.45) is 0 Å². The van der Waals surface area contributed by atoms with Crippen LogP contribution in [0, 0.1) is 9.39 Å².